The number of likely N-dealkylation sites (N-methyl/N-ethyl adjacent to an activating group) is 1. The Labute approximate surface area is 117 Å². The van der Waals surface area contributed by atoms with Crippen LogP contribution in [0.4, 0.5) is 4.39 Å². The van der Waals surface area contributed by atoms with Gasteiger partial charge in [-0.25, -0.2) is 12.8 Å². The van der Waals surface area contributed by atoms with Gasteiger partial charge in [-0.1, -0.05) is 11.6 Å². The summed E-state index contributed by atoms with van der Waals surface area (Å²) in [7, 11) is -1.79. The van der Waals surface area contributed by atoms with Crippen LogP contribution in [-0.4, -0.2) is 38.9 Å². The summed E-state index contributed by atoms with van der Waals surface area (Å²) in [5.41, 5.74) is 0. The molecule has 7 heteroatoms. The second-order valence-corrected chi connectivity index (χ2v) is 6.91. The first-order valence-corrected chi connectivity index (χ1v) is 7.89. The molecular weight excluding hydrogens is 291 g/mol. The van der Waals surface area contributed by atoms with Crippen molar-refractivity contribution in [1.82, 2.24) is 9.62 Å². The maximum Gasteiger partial charge on any atom is 0.243 e. The third-order valence-electron chi connectivity index (χ3n) is 3.32. The predicted molar refractivity (Wildman–Crippen MR) is 72.3 cm³/mol. The van der Waals surface area contributed by atoms with E-state index in [1.165, 1.54) is 10.4 Å². The molecule has 1 atom stereocenters. The number of piperidine rings is 1. The summed E-state index contributed by atoms with van der Waals surface area (Å²) in [6, 6.07) is 3.64. The maximum atomic E-state index is 13.1. The van der Waals surface area contributed by atoms with E-state index in [0.717, 1.165) is 25.0 Å². The molecule has 1 aromatic rings. The largest absolute Gasteiger partial charge is 0.316 e. The van der Waals surface area contributed by atoms with Crippen molar-refractivity contribution in [2.45, 2.75) is 23.8 Å². The van der Waals surface area contributed by atoms with Crippen LogP contribution >= 0.6 is 11.6 Å². The van der Waals surface area contributed by atoms with Gasteiger partial charge in [0.15, 0.2) is 0 Å². The van der Waals surface area contributed by atoms with Crippen LogP contribution in [0.25, 0.3) is 0 Å². The summed E-state index contributed by atoms with van der Waals surface area (Å²) in [6.45, 7) is 0.906. The van der Waals surface area contributed by atoms with Crippen molar-refractivity contribution in [3.8, 4) is 0 Å². The van der Waals surface area contributed by atoms with Crippen LogP contribution in [0.3, 0.4) is 0 Å². The molecule has 1 aliphatic heterocycles. The van der Waals surface area contributed by atoms with Gasteiger partial charge in [0, 0.05) is 19.1 Å². The minimum absolute atomic E-state index is 0.0376. The van der Waals surface area contributed by atoms with Gasteiger partial charge in [-0.05, 0) is 38.1 Å². The van der Waals surface area contributed by atoms with E-state index in [2.05, 4.69) is 5.32 Å². The number of hydrogen-bond donors (Lipinski definition) is 1. The van der Waals surface area contributed by atoms with Gasteiger partial charge >= 0.3 is 0 Å². The summed E-state index contributed by atoms with van der Waals surface area (Å²) in [5, 5.41) is 2.91. The molecule has 106 valence electrons. The zero-order valence-electron chi connectivity index (χ0n) is 10.6. The van der Waals surface area contributed by atoms with Gasteiger partial charge in [0.25, 0.3) is 0 Å². The first-order valence-electron chi connectivity index (χ1n) is 6.07. The Bertz CT molecular complexity index is 565. The van der Waals surface area contributed by atoms with E-state index >= 15 is 0 Å². The summed E-state index contributed by atoms with van der Waals surface area (Å²) in [6.07, 6.45) is 1.76. The third kappa shape index (κ3) is 3.08. The molecule has 0 aliphatic carbocycles. The average Bonchev–Trinajstić information content (AvgIpc) is 2.41. The van der Waals surface area contributed by atoms with Crippen LogP contribution in [-0.2, 0) is 10.0 Å². The van der Waals surface area contributed by atoms with E-state index in [9.17, 15) is 12.8 Å². The highest BCUT2D eigenvalue weighted by molar-refractivity contribution is 7.89. The minimum atomic E-state index is -3.60. The monoisotopic (exact) mass is 306 g/mol. The molecule has 0 spiro atoms. The van der Waals surface area contributed by atoms with E-state index in [1.807, 2.05) is 7.05 Å². The molecule has 1 aliphatic rings. The highest BCUT2D eigenvalue weighted by Crippen LogP contribution is 2.24. The van der Waals surface area contributed by atoms with Crippen LogP contribution in [0.15, 0.2) is 23.1 Å². The Hall–Kier alpha value is -0.690. The second-order valence-electron chi connectivity index (χ2n) is 4.57. The van der Waals surface area contributed by atoms with Crippen molar-refractivity contribution in [2.75, 3.05) is 20.1 Å². The highest BCUT2D eigenvalue weighted by Gasteiger charge is 2.29. The topological polar surface area (TPSA) is 49.4 Å². The van der Waals surface area contributed by atoms with Gasteiger partial charge in [0.2, 0.25) is 10.0 Å². The van der Waals surface area contributed by atoms with E-state index in [0.29, 0.717) is 13.1 Å². The molecule has 0 amide bonds. The lowest BCUT2D eigenvalue weighted by Crippen LogP contribution is -2.46. The fourth-order valence-corrected chi connectivity index (χ4v) is 3.98. The summed E-state index contributed by atoms with van der Waals surface area (Å²) >= 11 is 5.64. The van der Waals surface area contributed by atoms with Crippen LogP contribution in [0.1, 0.15) is 12.8 Å². The number of nitrogens with one attached hydrogen (secondary N) is 1. The molecule has 0 saturated carbocycles. The minimum Gasteiger partial charge on any atom is -0.316 e. The van der Waals surface area contributed by atoms with Crippen LogP contribution in [0.2, 0.25) is 5.02 Å². The van der Waals surface area contributed by atoms with Gasteiger partial charge in [0.05, 0.1) is 9.92 Å². The third-order valence-corrected chi connectivity index (χ3v) is 5.47. The van der Waals surface area contributed by atoms with Crippen molar-refractivity contribution in [3.63, 3.8) is 0 Å². The van der Waals surface area contributed by atoms with Crippen molar-refractivity contribution in [3.05, 3.63) is 29.0 Å². The lowest BCUT2D eigenvalue weighted by Gasteiger charge is -2.31. The first-order chi connectivity index (χ1) is 8.95. The number of rotatable bonds is 3. The smallest absolute Gasteiger partial charge is 0.243 e. The Morgan fingerprint density at radius 1 is 1.47 bits per heavy atom. The highest BCUT2D eigenvalue weighted by atomic mass is 35.5. The fraction of sp³-hybridized carbons (Fsp3) is 0.500. The number of benzene rings is 1. The van der Waals surface area contributed by atoms with E-state index in [4.69, 9.17) is 11.6 Å². The number of sulfonamides is 1. The van der Waals surface area contributed by atoms with Crippen LogP contribution < -0.4 is 5.32 Å². The molecule has 1 heterocycles. The van der Waals surface area contributed by atoms with Gasteiger partial charge in [-0.2, -0.15) is 4.31 Å². The van der Waals surface area contributed by atoms with Crippen molar-refractivity contribution >= 4 is 21.6 Å². The van der Waals surface area contributed by atoms with Gasteiger partial charge < -0.3 is 5.32 Å². The maximum absolute atomic E-state index is 13.1. The zero-order chi connectivity index (χ0) is 14.0. The Kier molecular flexibility index (Phi) is 4.45. The Balaban J connectivity index is 2.28. The van der Waals surface area contributed by atoms with E-state index in [1.54, 1.807) is 0 Å². The molecule has 19 heavy (non-hydrogen) atoms. The quantitative estimate of drug-likeness (QED) is 0.927. The van der Waals surface area contributed by atoms with Crippen molar-refractivity contribution < 1.29 is 12.8 Å². The molecule has 0 radical (unpaired) electrons. The first kappa shape index (κ1) is 14.7. The van der Waals surface area contributed by atoms with Gasteiger partial charge in [0.1, 0.15) is 5.82 Å². The molecule has 1 saturated heterocycles. The molecule has 0 aromatic heterocycles. The van der Waals surface area contributed by atoms with E-state index in [-0.39, 0.29) is 16.0 Å². The Morgan fingerprint density at radius 2 is 2.21 bits per heavy atom. The number of nitrogens with zero attached hydrogens (tertiary/aromatic N) is 1. The fourth-order valence-electron chi connectivity index (χ4n) is 2.18. The second kappa shape index (κ2) is 5.75. The summed E-state index contributed by atoms with van der Waals surface area (Å²) < 4.78 is 39.4. The number of halogens is 2. The predicted octanol–water partition coefficient (Wildman–Crippen LogP) is 1.85. The summed E-state index contributed by atoms with van der Waals surface area (Å²) in [5.74, 6) is -0.618. The normalized spacial score (nSPS) is 21.5. The molecule has 4 nitrogen and oxygen atoms in total. The molecule has 1 fully saturated rings. The van der Waals surface area contributed by atoms with Gasteiger partial charge in [-0.15, -0.1) is 0 Å². The van der Waals surface area contributed by atoms with Gasteiger partial charge in [-0.3, -0.25) is 0 Å². The molecule has 1 aromatic carbocycles. The molecule has 1 N–H and O–H groups in total. The van der Waals surface area contributed by atoms with Crippen LogP contribution in [0.5, 0.6) is 0 Å². The standard InChI is InChI=1S/C12H16ClFN2O2S/c1-15-9-3-2-6-16(8-9)19(17,18)10-4-5-12(14)11(13)7-10/h4-5,7,9,15H,2-3,6,8H2,1H3. The van der Waals surface area contributed by atoms with Crippen molar-refractivity contribution in [2.24, 2.45) is 0 Å². The molecule has 2 rings (SSSR count). The molecular formula is C12H16ClFN2O2S. The lowest BCUT2D eigenvalue weighted by molar-refractivity contribution is 0.293. The number of hydrogen-bond acceptors (Lipinski definition) is 3. The lowest BCUT2D eigenvalue weighted by atomic mass is 10.1. The van der Waals surface area contributed by atoms with E-state index < -0.39 is 15.8 Å². The summed E-state index contributed by atoms with van der Waals surface area (Å²) in [4.78, 5) is 0.0376. The molecule has 0 bridgehead atoms. The Morgan fingerprint density at radius 3 is 2.84 bits per heavy atom. The average molecular weight is 307 g/mol. The molecule has 1 unspecified atom stereocenters. The van der Waals surface area contributed by atoms with Crippen LogP contribution in [0, 0.1) is 5.82 Å². The SMILES string of the molecule is CNC1CCCN(S(=O)(=O)c2ccc(F)c(Cl)c2)C1. The zero-order valence-corrected chi connectivity index (χ0v) is 12.1. The van der Waals surface area contributed by atoms with Crippen molar-refractivity contribution in [1.29, 1.82) is 0 Å².